The van der Waals surface area contributed by atoms with Crippen molar-refractivity contribution in [3.63, 3.8) is 0 Å². The molecule has 0 amide bonds. The average Bonchev–Trinajstić information content (AvgIpc) is 2.11. The van der Waals surface area contributed by atoms with E-state index >= 15 is 0 Å². The SMILES string of the molecule is CS(=O)(=O)N([C@@H](CCCCN)C(=O)O)S(C)(=O)=O. The lowest BCUT2D eigenvalue weighted by Gasteiger charge is -2.24. The molecule has 0 saturated heterocycles. The first-order valence-electron chi connectivity index (χ1n) is 5.14. The highest BCUT2D eigenvalue weighted by molar-refractivity contribution is 8.03. The number of aliphatic carboxylic acids is 1. The first-order valence-corrected chi connectivity index (χ1v) is 8.84. The van der Waals surface area contributed by atoms with Gasteiger partial charge in [-0.2, -0.15) is 0 Å². The van der Waals surface area contributed by atoms with E-state index in [0.717, 1.165) is 0 Å². The number of rotatable bonds is 8. The van der Waals surface area contributed by atoms with Crippen LogP contribution in [0.5, 0.6) is 0 Å². The van der Waals surface area contributed by atoms with E-state index in [1.807, 2.05) is 0 Å². The smallest absolute Gasteiger partial charge is 0.323 e. The maximum absolute atomic E-state index is 11.4. The molecule has 0 aromatic rings. The first kappa shape index (κ1) is 17.3. The Hall–Kier alpha value is -0.710. The average molecular weight is 302 g/mol. The van der Waals surface area contributed by atoms with Gasteiger partial charge in [0.05, 0.1) is 12.5 Å². The zero-order chi connectivity index (χ0) is 14.6. The van der Waals surface area contributed by atoms with Gasteiger partial charge in [0.25, 0.3) is 0 Å². The van der Waals surface area contributed by atoms with Gasteiger partial charge < -0.3 is 10.8 Å². The van der Waals surface area contributed by atoms with Crippen LogP contribution in [-0.4, -0.2) is 56.7 Å². The number of hydrogen-bond donors (Lipinski definition) is 2. The molecule has 10 heteroatoms. The predicted molar refractivity (Wildman–Crippen MR) is 65.9 cm³/mol. The normalized spacial score (nSPS) is 14.7. The van der Waals surface area contributed by atoms with Crippen LogP contribution in [0.15, 0.2) is 0 Å². The number of carboxylic acid groups (broad SMARTS) is 1. The Morgan fingerprint density at radius 2 is 1.61 bits per heavy atom. The molecule has 0 spiro atoms. The molecule has 0 aliphatic heterocycles. The molecule has 0 aliphatic rings. The summed E-state index contributed by atoms with van der Waals surface area (Å²) in [6.45, 7) is 0.324. The molecular weight excluding hydrogens is 284 g/mol. The topological polar surface area (TPSA) is 135 Å². The van der Waals surface area contributed by atoms with E-state index < -0.39 is 32.1 Å². The van der Waals surface area contributed by atoms with Crippen molar-refractivity contribution in [2.45, 2.75) is 25.3 Å². The third-order valence-corrected chi connectivity index (χ3v) is 5.57. The molecule has 0 fully saturated rings. The van der Waals surface area contributed by atoms with Gasteiger partial charge in [0, 0.05) is 0 Å². The lowest BCUT2D eigenvalue weighted by molar-refractivity contribution is -0.140. The first-order chi connectivity index (χ1) is 8.01. The van der Waals surface area contributed by atoms with Crippen molar-refractivity contribution in [2.24, 2.45) is 5.73 Å². The van der Waals surface area contributed by atoms with Crippen LogP contribution in [0.3, 0.4) is 0 Å². The largest absolute Gasteiger partial charge is 0.480 e. The Bertz CT molecular complexity index is 452. The molecule has 0 unspecified atom stereocenters. The summed E-state index contributed by atoms with van der Waals surface area (Å²) in [5.41, 5.74) is 5.24. The molecule has 0 aromatic heterocycles. The van der Waals surface area contributed by atoms with Crippen LogP contribution < -0.4 is 5.73 Å². The second-order valence-electron chi connectivity index (χ2n) is 3.89. The fourth-order valence-electron chi connectivity index (χ4n) is 1.51. The molecule has 108 valence electrons. The van der Waals surface area contributed by atoms with Crippen molar-refractivity contribution in [1.82, 2.24) is 3.71 Å². The number of unbranched alkanes of at least 4 members (excludes halogenated alkanes) is 1. The van der Waals surface area contributed by atoms with Gasteiger partial charge in [0.2, 0.25) is 20.0 Å². The molecule has 0 bridgehead atoms. The fraction of sp³-hybridized carbons (Fsp3) is 0.875. The number of sulfonamides is 2. The summed E-state index contributed by atoms with van der Waals surface area (Å²) < 4.78 is 45.7. The van der Waals surface area contributed by atoms with Gasteiger partial charge in [-0.05, 0) is 25.8 Å². The highest BCUT2D eigenvalue weighted by Crippen LogP contribution is 2.17. The number of carbonyl (C=O) groups is 1. The van der Waals surface area contributed by atoms with Crippen molar-refractivity contribution in [3.05, 3.63) is 0 Å². The van der Waals surface area contributed by atoms with Crippen LogP contribution in [0.25, 0.3) is 0 Å². The van der Waals surface area contributed by atoms with Crippen LogP contribution in [0.1, 0.15) is 19.3 Å². The van der Waals surface area contributed by atoms with Crippen molar-refractivity contribution < 1.29 is 26.7 Å². The second-order valence-corrected chi connectivity index (χ2v) is 7.84. The number of nitrogens with two attached hydrogens (primary N) is 1. The van der Waals surface area contributed by atoms with Gasteiger partial charge in [-0.15, -0.1) is 0 Å². The van der Waals surface area contributed by atoms with Crippen LogP contribution >= 0.6 is 0 Å². The van der Waals surface area contributed by atoms with Gasteiger partial charge in [0.1, 0.15) is 6.04 Å². The van der Waals surface area contributed by atoms with E-state index in [-0.39, 0.29) is 10.1 Å². The van der Waals surface area contributed by atoms with E-state index in [1.165, 1.54) is 0 Å². The molecule has 0 rings (SSSR count). The summed E-state index contributed by atoms with van der Waals surface area (Å²) in [5.74, 6) is -1.50. The zero-order valence-corrected chi connectivity index (χ0v) is 11.9. The fourth-order valence-corrected chi connectivity index (χ4v) is 4.79. The molecule has 3 N–H and O–H groups in total. The molecule has 18 heavy (non-hydrogen) atoms. The number of nitrogens with zero attached hydrogens (tertiary/aromatic N) is 1. The van der Waals surface area contributed by atoms with Gasteiger partial charge in [-0.3, -0.25) is 4.79 Å². The van der Waals surface area contributed by atoms with Gasteiger partial charge in [0.15, 0.2) is 0 Å². The second kappa shape index (κ2) is 6.45. The van der Waals surface area contributed by atoms with E-state index in [0.29, 0.717) is 31.9 Å². The van der Waals surface area contributed by atoms with E-state index in [9.17, 15) is 21.6 Å². The summed E-state index contributed by atoms with van der Waals surface area (Å²) in [6.07, 6.45) is 2.03. The molecular formula is C8H18N2O6S2. The number of hydrogen-bond acceptors (Lipinski definition) is 6. The highest BCUT2D eigenvalue weighted by atomic mass is 32.3. The molecule has 0 heterocycles. The molecule has 0 aromatic carbocycles. The molecule has 8 nitrogen and oxygen atoms in total. The standard InChI is InChI=1S/C8H18N2O6S2/c1-17(13,14)10(18(2,15)16)7(8(11)12)5-3-4-6-9/h7H,3-6,9H2,1-2H3,(H,11,12)/t7-/m0/s1. The summed E-state index contributed by atoms with van der Waals surface area (Å²) in [5, 5.41) is 8.97. The Kier molecular flexibility index (Phi) is 6.20. The maximum atomic E-state index is 11.4. The van der Waals surface area contributed by atoms with Gasteiger partial charge in [-0.25, -0.2) is 16.8 Å². The Balaban J connectivity index is 5.34. The van der Waals surface area contributed by atoms with Crippen LogP contribution in [0.4, 0.5) is 0 Å². The third-order valence-electron chi connectivity index (χ3n) is 2.12. The van der Waals surface area contributed by atoms with Gasteiger partial charge in [-0.1, -0.05) is 3.71 Å². The van der Waals surface area contributed by atoms with Crippen molar-refractivity contribution >= 4 is 26.0 Å². The lowest BCUT2D eigenvalue weighted by Crippen LogP contribution is -2.47. The minimum atomic E-state index is -4.17. The van der Waals surface area contributed by atoms with Crippen LogP contribution in [-0.2, 0) is 24.8 Å². The minimum absolute atomic E-state index is 0.0405. The zero-order valence-electron chi connectivity index (χ0n) is 10.2. The minimum Gasteiger partial charge on any atom is -0.480 e. The molecule has 0 aliphatic carbocycles. The van der Waals surface area contributed by atoms with E-state index in [1.54, 1.807) is 0 Å². The molecule has 1 atom stereocenters. The summed E-state index contributed by atoms with van der Waals surface area (Å²) in [4.78, 5) is 11.0. The summed E-state index contributed by atoms with van der Waals surface area (Å²) in [6, 6.07) is -1.62. The third kappa shape index (κ3) is 5.29. The number of carboxylic acids is 1. The Morgan fingerprint density at radius 1 is 1.17 bits per heavy atom. The monoisotopic (exact) mass is 302 g/mol. The summed E-state index contributed by atoms with van der Waals surface area (Å²) in [7, 11) is -8.34. The maximum Gasteiger partial charge on any atom is 0.323 e. The molecule has 0 saturated carbocycles. The van der Waals surface area contributed by atoms with Crippen molar-refractivity contribution in [2.75, 3.05) is 19.1 Å². The Labute approximate surface area is 107 Å². The Morgan fingerprint density at radius 3 is 1.89 bits per heavy atom. The van der Waals surface area contributed by atoms with Crippen LogP contribution in [0.2, 0.25) is 0 Å². The predicted octanol–water partition coefficient (Wildman–Crippen LogP) is -1.21. The van der Waals surface area contributed by atoms with Gasteiger partial charge >= 0.3 is 5.97 Å². The summed E-state index contributed by atoms with van der Waals surface area (Å²) >= 11 is 0. The van der Waals surface area contributed by atoms with Crippen molar-refractivity contribution in [1.29, 1.82) is 0 Å². The highest BCUT2D eigenvalue weighted by Gasteiger charge is 2.38. The lowest BCUT2D eigenvalue weighted by atomic mass is 10.1. The van der Waals surface area contributed by atoms with Crippen molar-refractivity contribution in [3.8, 4) is 0 Å². The quantitative estimate of drug-likeness (QED) is 0.537. The van der Waals surface area contributed by atoms with E-state index in [4.69, 9.17) is 10.8 Å². The van der Waals surface area contributed by atoms with E-state index in [2.05, 4.69) is 0 Å². The van der Waals surface area contributed by atoms with Crippen LogP contribution in [0, 0.1) is 0 Å². The molecule has 0 radical (unpaired) electrons.